The number of para-hydroxylation sites is 2. The summed E-state index contributed by atoms with van der Waals surface area (Å²) in [6, 6.07) is 19.6. The van der Waals surface area contributed by atoms with E-state index in [4.69, 9.17) is 9.47 Å². The van der Waals surface area contributed by atoms with Gasteiger partial charge in [-0.25, -0.2) is 0 Å². The van der Waals surface area contributed by atoms with Crippen LogP contribution in [0.15, 0.2) is 65.5 Å². The van der Waals surface area contributed by atoms with E-state index in [-0.39, 0.29) is 29.0 Å². The molecular weight excluding hydrogens is 454 g/mol. The molecule has 0 bridgehead atoms. The molecule has 1 amide bonds. The van der Waals surface area contributed by atoms with Crippen LogP contribution in [0.25, 0.3) is 0 Å². The second-order valence-corrected chi connectivity index (χ2v) is 9.73. The van der Waals surface area contributed by atoms with Crippen LogP contribution in [0.1, 0.15) is 40.2 Å². The predicted molar refractivity (Wildman–Crippen MR) is 139 cm³/mol. The van der Waals surface area contributed by atoms with Crippen LogP contribution in [-0.2, 0) is 13.1 Å². The number of rotatable bonds is 6. The monoisotopic (exact) mass is 487 g/mol. The van der Waals surface area contributed by atoms with E-state index in [1.165, 1.54) is 5.56 Å². The maximum Gasteiger partial charge on any atom is 0.257 e. The largest absolute Gasteiger partial charge is 0.486 e. The Kier molecular flexibility index (Phi) is 7.09. The number of piperidine rings is 1. The van der Waals surface area contributed by atoms with Gasteiger partial charge in [-0.3, -0.25) is 14.5 Å². The first-order valence-electron chi connectivity index (χ1n) is 12.6. The molecule has 7 heteroatoms. The van der Waals surface area contributed by atoms with Crippen molar-refractivity contribution < 1.29 is 14.3 Å². The van der Waals surface area contributed by atoms with Crippen molar-refractivity contribution in [2.45, 2.75) is 51.9 Å². The van der Waals surface area contributed by atoms with E-state index >= 15 is 0 Å². The molecular formula is C29H33N3O4. The molecule has 0 unspecified atom stereocenters. The number of hydrogen-bond acceptors (Lipinski definition) is 5. The summed E-state index contributed by atoms with van der Waals surface area (Å²) in [6.07, 6.45) is 1.51. The van der Waals surface area contributed by atoms with Gasteiger partial charge in [0.05, 0.1) is 6.54 Å². The van der Waals surface area contributed by atoms with Crippen LogP contribution in [0, 0.1) is 13.8 Å². The molecule has 2 aliphatic heterocycles. The fourth-order valence-electron chi connectivity index (χ4n) is 5.17. The van der Waals surface area contributed by atoms with Crippen LogP contribution in [0.5, 0.6) is 11.5 Å². The maximum absolute atomic E-state index is 13.3. The Hall–Kier alpha value is -3.58. The van der Waals surface area contributed by atoms with E-state index in [1.807, 2.05) is 48.7 Å². The van der Waals surface area contributed by atoms with Crippen molar-refractivity contribution in [2.75, 3.05) is 19.7 Å². The Labute approximate surface area is 211 Å². The van der Waals surface area contributed by atoms with E-state index in [0.717, 1.165) is 43.9 Å². The lowest BCUT2D eigenvalue weighted by molar-refractivity contribution is 0.0772. The number of amides is 1. The van der Waals surface area contributed by atoms with Crippen molar-refractivity contribution in [2.24, 2.45) is 0 Å². The summed E-state index contributed by atoms with van der Waals surface area (Å²) in [5, 5.41) is 3.13. The molecule has 0 aliphatic carbocycles. The lowest BCUT2D eigenvalue weighted by Gasteiger charge is -2.32. The highest BCUT2D eigenvalue weighted by Gasteiger charge is 2.26. The normalized spacial score (nSPS) is 18.1. The first-order chi connectivity index (χ1) is 17.5. The summed E-state index contributed by atoms with van der Waals surface area (Å²) >= 11 is 0. The van der Waals surface area contributed by atoms with Crippen LogP contribution < -0.4 is 20.2 Å². The third kappa shape index (κ3) is 5.31. The topological polar surface area (TPSA) is 72.8 Å². The van der Waals surface area contributed by atoms with Crippen molar-refractivity contribution in [3.05, 3.63) is 93.4 Å². The minimum atomic E-state index is -0.293. The van der Waals surface area contributed by atoms with Gasteiger partial charge in [0.15, 0.2) is 23.0 Å². The Morgan fingerprint density at radius 2 is 1.69 bits per heavy atom. The number of nitrogens with zero attached hydrogens (tertiary/aromatic N) is 2. The molecule has 7 nitrogen and oxygen atoms in total. The van der Waals surface area contributed by atoms with Gasteiger partial charge in [0.1, 0.15) is 12.2 Å². The van der Waals surface area contributed by atoms with Gasteiger partial charge < -0.3 is 19.4 Å². The summed E-state index contributed by atoms with van der Waals surface area (Å²) < 4.78 is 14.0. The number of ether oxygens (including phenoxy) is 2. The van der Waals surface area contributed by atoms with E-state index in [9.17, 15) is 9.59 Å². The van der Waals surface area contributed by atoms with Crippen molar-refractivity contribution in [3.8, 4) is 11.5 Å². The SMILES string of the molecule is Cc1cc(=O)c(C(=O)NC2CCN(Cc3ccccc3)CC2)c(C)n1C[C@@H]1COc2ccccc2O1. The van der Waals surface area contributed by atoms with E-state index in [2.05, 4.69) is 34.5 Å². The number of pyridine rings is 1. The third-order valence-electron chi connectivity index (χ3n) is 7.13. The minimum Gasteiger partial charge on any atom is -0.486 e. The van der Waals surface area contributed by atoms with Gasteiger partial charge in [-0.05, 0) is 44.4 Å². The van der Waals surface area contributed by atoms with Crippen LogP contribution >= 0.6 is 0 Å². The first-order valence-corrected chi connectivity index (χ1v) is 12.6. The van der Waals surface area contributed by atoms with Gasteiger partial charge in [0.25, 0.3) is 5.91 Å². The van der Waals surface area contributed by atoms with Gasteiger partial charge in [-0.15, -0.1) is 0 Å². The fraction of sp³-hybridized carbons (Fsp3) is 0.379. The maximum atomic E-state index is 13.3. The molecule has 36 heavy (non-hydrogen) atoms. The lowest BCUT2D eigenvalue weighted by atomic mass is 10.0. The smallest absolute Gasteiger partial charge is 0.257 e. The van der Waals surface area contributed by atoms with E-state index in [0.29, 0.717) is 24.6 Å². The highest BCUT2D eigenvalue weighted by atomic mass is 16.6. The van der Waals surface area contributed by atoms with Crippen LogP contribution in [0.4, 0.5) is 0 Å². The van der Waals surface area contributed by atoms with Crippen molar-refractivity contribution in [1.82, 2.24) is 14.8 Å². The Morgan fingerprint density at radius 3 is 2.44 bits per heavy atom. The second-order valence-electron chi connectivity index (χ2n) is 9.73. The van der Waals surface area contributed by atoms with E-state index in [1.54, 1.807) is 6.07 Å². The molecule has 1 fully saturated rings. The van der Waals surface area contributed by atoms with Gasteiger partial charge in [-0.2, -0.15) is 0 Å². The summed E-state index contributed by atoms with van der Waals surface area (Å²) in [7, 11) is 0. The Balaban J connectivity index is 1.24. The molecule has 3 heterocycles. The molecule has 3 aromatic rings. The standard InChI is InChI=1S/C29H33N3O4/c1-20-16-25(33)28(21(2)32(20)18-24-19-35-26-10-6-7-11-27(26)36-24)29(34)30-23-12-14-31(15-13-23)17-22-8-4-3-5-9-22/h3-11,16,23-24H,12-15,17-19H2,1-2H3,(H,30,34)/t24-/m1/s1. The lowest BCUT2D eigenvalue weighted by Crippen LogP contribution is -2.45. The van der Waals surface area contributed by atoms with Crippen LogP contribution in [0.3, 0.4) is 0 Å². The number of nitrogens with one attached hydrogen (secondary N) is 1. The number of likely N-dealkylation sites (tertiary alicyclic amines) is 1. The average molecular weight is 488 g/mol. The van der Waals surface area contributed by atoms with Gasteiger partial charge in [-0.1, -0.05) is 42.5 Å². The quantitative estimate of drug-likeness (QED) is 0.574. The zero-order valence-corrected chi connectivity index (χ0v) is 20.9. The molecule has 0 radical (unpaired) electrons. The summed E-state index contributed by atoms with van der Waals surface area (Å²) in [5.41, 5.74) is 2.72. The molecule has 188 valence electrons. The molecule has 1 N–H and O–H groups in total. The number of fused-ring (bicyclic) bond motifs is 1. The minimum absolute atomic E-state index is 0.0599. The number of hydrogen-bond donors (Lipinski definition) is 1. The Bertz CT molecular complexity index is 1280. The molecule has 1 aromatic heterocycles. The average Bonchev–Trinajstić information content (AvgIpc) is 2.88. The van der Waals surface area contributed by atoms with Crippen LogP contribution in [0.2, 0.25) is 0 Å². The molecule has 1 atom stereocenters. The van der Waals surface area contributed by atoms with Gasteiger partial charge in [0, 0.05) is 43.1 Å². The van der Waals surface area contributed by atoms with Crippen LogP contribution in [-0.4, -0.2) is 47.2 Å². The highest BCUT2D eigenvalue weighted by molar-refractivity contribution is 5.95. The number of carbonyl (C=O) groups excluding carboxylic acids is 1. The van der Waals surface area contributed by atoms with E-state index < -0.39 is 0 Å². The van der Waals surface area contributed by atoms with Crippen molar-refractivity contribution in [3.63, 3.8) is 0 Å². The summed E-state index contributed by atoms with van der Waals surface area (Å²) in [5.74, 6) is 1.15. The fourth-order valence-corrected chi connectivity index (χ4v) is 5.17. The zero-order valence-electron chi connectivity index (χ0n) is 20.9. The molecule has 5 rings (SSSR count). The second kappa shape index (κ2) is 10.6. The molecule has 0 spiro atoms. The van der Waals surface area contributed by atoms with Gasteiger partial charge in [0.2, 0.25) is 0 Å². The molecule has 2 aromatic carbocycles. The first kappa shape index (κ1) is 24.1. The Morgan fingerprint density at radius 1 is 1.00 bits per heavy atom. The number of aromatic nitrogens is 1. The van der Waals surface area contributed by atoms with Crippen molar-refractivity contribution >= 4 is 5.91 Å². The third-order valence-corrected chi connectivity index (χ3v) is 7.13. The molecule has 0 saturated carbocycles. The highest BCUT2D eigenvalue weighted by Crippen LogP contribution is 2.31. The zero-order chi connectivity index (χ0) is 25.1. The summed E-state index contributed by atoms with van der Waals surface area (Å²) in [4.78, 5) is 28.5. The predicted octanol–water partition coefficient (Wildman–Crippen LogP) is 3.70. The number of carbonyl (C=O) groups is 1. The number of benzene rings is 2. The van der Waals surface area contributed by atoms with Crippen molar-refractivity contribution in [1.29, 1.82) is 0 Å². The molecule has 1 saturated heterocycles. The van der Waals surface area contributed by atoms with Gasteiger partial charge >= 0.3 is 0 Å². The summed E-state index contributed by atoms with van der Waals surface area (Å²) in [6.45, 7) is 7.37. The molecule has 2 aliphatic rings. The number of aryl methyl sites for hydroxylation is 1.